The normalized spacial score (nSPS) is 14.0. The lowest BCUT2D eigenvalue weighted by Crippen LogP contribution is -2.33. The van der Waals surface area contributed by atoms with Crippen molar-refractivity contribution in [2.24, 2.45) is 5.73 Å². The Morgan fingerprint density at radius 3 is 2.46 bits per heavy atom. The zero-order valence-electron chi connectivity index (χ0n) is 18.2. The molecule has 1 fully saturated rings. The number of amides is 1. The van der Waals surface area contributed by atoms with Crippen molar-refractivity contribution in [1.29, 1.82) is 0 Å². The van der Waals surface area contributed by atoms with Crippen LogP contribution in [0, 0.1) is 15.2 Å². The van der Waals surface area contributed by atoms with Gasteiger partial charge in [-0.3, -0.25) is 9.52 Å². The summed E-state index contributed by atoms with van der Waals surface area (Å²) in [6, 6.07) is 12.3. The number of carbonyl (C=O) groups is 1. The van der Waals surface area contributed by atoms with E-state index in [0.717, 1.165) is 25.0 Å². The van der Waals surface area contributed by atoms with Gasteiger partial charge in [-0.15, -0.1) is 0 Å². The third-order valence-electron chi connectivity index (χ3n) is 5.23. The SMILES string of the molecule is NC(=O)c1c(Nc2ccc(I)cc2F)cc(F)cc1Oc1cccc(NS(=O)(=O)N2CCCC2)c1. The van der Waals surface area contributed by atoms with Crippen LogP contribution in [0.2, 0.25) is 0 Å². The minimum absolute atomic E-state index is 0.0165. The van der Waals surface area contributed by atoms with Gasteiger partial charge in [0.25, 0.3) is 5.91 Å². The first-order valence-electron chi connectivity index (χ1n) is 10.5. The summed E-state index contributed by atoms with van der Waals surface area (Å²) in [6.45, 7) is 0.876. The zero-order valence-corrected chi connectivity index (χ0v) is 21.2. The van der Waals surface area contributed by atoms with Crippen molar-refractivity contribution < 1.29 is 26.7 Å². The minimum atomic E-state index is -3.73. The molecule has 184 valence electrons. The molecule has 1 aliphatic heterocycles. The molecular formula is C23H21F2IN4O4S. The molecule has 1 amide bonds. The van der Waals surface area contributed by atoms with Gasteiger partial charge in [-0.05, 0) is 71.8 Å². The summed E-state index contributed by atoms with van der Waals surface area (Å²) < 4.78 is 64.1. The molecule has 1 heterocycles. The second-order valence-electron chi connectivity index (χ2n) is 7.78. The van der Waals surface area contributed by atoms with E-state index in [9.17, 15) is 22.0 Å². The maximum absolute atomic E-state index is 14.5. The van der Waals surface area contributed by atoms with Crippen LogP contribution in [-0.2, 0) is 10.2 Å². The van der Waals surface area contributed by atoms with Crippen LogP contribution in [0.5, 0.6) is 11.5 Å². The molecule has 8 nitrogen and oxygen atoms in total. The van der Waals surface area contributed by atoms with Gasteiger partial charge < -0.3 is 15.8 Å². The molecular weight excluding hydrogens is 593 g/mol. The molecule has 1 saturated heterocycles. The number of rotatable bonds is 8. The van der Waals surface area contributed by atoms with E-state index in [2.05, 4.69) is 10.0 Å². The summed E-state index contributed by atoms with van der Waals surface area (Å²) >= 11 is 1.95. The first kappa shape index (κ1) is 25.1. The summed E-state index contributed by atoms with van der Waals surface area (Å²) in [5.41, 5.74) is 5.50. The lowest BCUT2D eigenvalue weighted by atomic mass is 10.1. The van der Waals surface area contributed by atoms with Crippen molar-refractivity contribution in [2.75, 3.05) is 23.1 Å². The largest absolute Gasteiger partial charge is 0.456 e. The second kappa shape index (κ2) is 10.3. The molecule has 35 heavy (non-hydrogen) atoms. The maximum atomic E-state index is 14.5. The number of hydrogen-bond donors (Lipinski definition) is 3. The maximum Gasteiger partial charge on any atom is 0.301 e. The predicted octanol–water partition coefficient (Wildman–Crippen LogP) is 4.96. The Balaban J connectivity index is 1.64. The molecule has 0 radical (unpaired) electrons. The van der Waals surface area contributed by atoms with Crippen LogP contribution in [0.4, 0.5) is 25.8 Å². The molecule has 0 bridgehead atoms. The highest BCUT2D eigenvalue weighted by atomic mass is 127. The van der Waals surface area contributed by atoms with E-state index in [1.54, 1.807) is 12.1 Å². The molecule has 3 aromatic rings. The Kier molecular flexibility index (Phi) is 7.42. The Morgan fingerprint density at radius 2 is 1.77 bits per heavy atom. The summed E-state index contributed by atoms with van der Waals surface area (Å²) in [7, 11) is -3.73. The highest BCUT2D eigenvalue weighted by molar-refractivity contribution is 14.1. The topological polar surface area (TPSA) is 114 Å². The van der Waals surface area contributed by atoms with Gasteiger partial charge in [0.2, 0.25) is 0 Å². The number of halogens is 3. The number of nitrogens with zero attached hydrogens (tertiary/aromatic N) is 1. The van der Waals surface area contributed by atoms with Gasteiger partial charge in [0.1, 0.15) is 28.7 Å². The van der Waals surface area contributed by atoms with Crippen molar-refractivity contribution >= 4 is 55.8 Å². The quantitative estimate of drug-likeness (QED) is 0.311. The van der Waals surface area contributed by atoms with Crippen molar-refractivity contribution in [3.05, 3.63) is 75.4 Å². The number of nitrogens with two attached hydrogens (primary N) is 1. The van der Waals surface area contributed by atoms with E-state index >= 15 is 0 Å². The molecule has 12 heteroatoms. The number of anilines is 3. The van der Waals surface area contributed by atoms with Crippen molar-refractivity contribution in [3.8, 4) is 11.5 Å². The van der Waals surface area contributed by atoms with Crippen molar-refractivity contribution in [2.45, 2.75) is 12.8 Å². The van der Waals surface area contributed by atoms with Crippen LogP contribution in [0.15, 0.2) is 54.6 Å². The van der Waals surface area contributed by atoms with Gasteiger partial charge in [0.15, 0.2) is 0 Å². The van der Waals surface area contributed by atoms with Gasteiger partial charge >= 0.3 is 10.2 Å². The zero-order chi connectivity index (χ0) is 25.2. The van der Waals surface area contributed by atoms with Crippen LogP contribution in [0.3, 0.4) is 0 Å². The number of benzene rings is 3. The fourth-order valence-corrected chi connectivity index (χ4v) is 5.39. The van der Waals surface area contributed by atoms with Crippen molar-refractivity contribution in [1.82, 2.24) is 4.31 Å². The van der Waals surface area contributed by atoms with Gasteiger partial charge in [-0.1, -0.05) is 6.07 Å². The molecule has 1 aliphatic rings. The Hall–Kier alpha value is -2.97. The van der Waals surface area contributed by atoms with E-state index in [4.69, 9.17) is 10.5 Å². The highest BCUT2D eigenvalue weighted by Crippen LogP contribution is 2.35. The summed E-state index contributed by atoms with van der Waals surface area (Å²) in [5, 5.41) is 2.69. The number of carbonyl (C=O) groups excluding carboxylic acids is 1. The first-order valence-corrected chi connectivity index (χ1v) is 13.1. The summed E-state index contributed by atoms with van der Waals surface area (Å²) in [4.78, 5) is 12.3. The van der Waals surface area contributed by atoms with Crippen LogP contribution in [-0.4, -0.2) is 31.7 Å². The average Bonchev–Trinajstić information content (AvgIpc) is 3.31. The highest BCUT2D eigenvalue weighted by Gasteiger charge is 2.25. The number of nitrogens with one attached hydrogen (secondary N) is 2. The smallest absolute Gasteiger partial charge is 0.301 e. The van der Waals surface area contributed by atoms with Crippen LogP contribution >= 0.6 is 22.6 Å². The molecule has 4 rings (SSSR count). The van der Waals surface area contributed by atoms with E-state index in [-0.39, 0.29) is 34.1 Å². The van der Waals surface area contributed by atoms with E-state index in [1.165, 1.54) is 34.6 Å². The van der Waals surface area contributed by atoms with E-state index in [1.807, 2.05) is 22.6 Å². The lowest BCUT2D eigenvalue weighted by molar-refractivity contribution is 0.0999. The molecule has 0 spiro atoms. The Morgan fingerprint density at radius 1 is 1.03 bits per heavy atom. The molecule has 0 aromatic heterocycles. The number of primary amides is 1. The van der Waals surface area contributed by atoms with Gasteiger partial charge in [0.05, 0.1) is 17.1 Å². The lowest BCUT2D eigenvalue weighted by Gasteiger charge is -2.18. The van der Waals surface area contributed by atoms with E-state index < -0.39 is 27.8 Å². The summed E-state index contributed by atoms with van der Waals surface area (Å²) in [5.74, 6) is -2.38. The molecule has 0 unspecified atom stereocenters. The molecule has 0 atom stereocenters. The van der Waals surface area contributed by atoms with Crippen LogP contribution < -0.4 is 20.5 Å². The third-order valence-corrected chi connectivity index (χ3v) is 7.44. The first-order chi connectivity index (χ1) is 16.6. The monoisotopic (exact) mass is 614 g/mol. The van der Waals surface area contributed by atoms with Crippen LogP contribution in [0.25, 0.3) is 0 Å². The molecule has 4 N–H and O–H groups in total. The summed E-state index contributed by atoms with van der Waals surface area (Å²) in [6.07, 6.45) is 1.59. The van der Waals surface area contributed by atoms with Crippen molar-refractivity contribution in [3.63, 3.8) is 0 Å². The Bertz CT molecular complexity index is 1380. The van der Waals surface area contributed by atoms with Gasteiger partial charge in [0, 0.05) is 28.8 Å². The standard InChI is InChI=1S/C23H21F2IN4O4S/c24-14-10-20(28-19-7-6-15(26)12-18(19)25)22(23(27)31)21(11-14)34-17-5-3-4-16(13-17)29-35(32,33)30-8-1-2-9-30/h3-7,10-13,28-29H,1-2,8-9H2,(H2,27,31). The van der Waals surface area contributed by atoms with E-state index in [0.29, 0.717) is 16.7 Å². The number of ether oxygens (including phenoxy) is 1. The fourth-order valence-electron chi connectivity index (χ4n) is 3.64. The average molecular weight is 614 g/mol. The van der Waals surface area contributed by atoms with Gasteiger partial charge in [-0.2, -0.15) is 12.7 Å². The molecule has 0 aliphatic carbocycles. The third kappa shape index (κ3) is 6.00. The van der Waals surface area contributed by atoms with Crippen LogP contribution in [0.1, 0.15) is 23.2 Å². The Labute approximate surface area is 214 Å². The molecule has 3 aromatic carbocycles. The fraction of sp³-hybridized carbons (Fsp3) is 0.174. The second-order valence-corrected chi connectivity index (χ2v) is 10.7. The van der Waals surface area contributed by atoms with Gasteiger partial charge in [-0.25, -0.2) is 8.78 Å². The minimum Gasteiger partial charge on any atom is -0.456 e. The predicted molar refractivity (Wildman–Crippen MR) is 137 cm³/mol. The number of hydrogen-bond acceptors (Lipinski definition) is 5. The molecule has 0 saturated carbocycles.